The van der Waals surface area contributed by atoms with Crippen LogP contribution in [0.4, 0.5) is 0 Å². The summed E-state index contributed by atoms with van der Waals surface area (Å²) in [5.74, 6) is -0.787. The van der Waals surface area contributed by atoms with Crippen molar-refractivity contribution in [3.8, 4) is 0 Å². The Bertz CT molecular complexity index is 418. The molecule has 1 aliphatic carbocycles. The fourth-order valence-corrected chi connectivity index (χ4v) is 3.97. The average Bonchev–Trinajstić information content (AvgIpc) is 2.84. The van der Waals surface area contributed by atoms with E-state index in [9.17, 15) is 19.8 Å². The fraction of sp³-hybridized carbons (Fsp3) is 0.810. The van der Waals surface area contributed by atoms with Crippen LogP contribution in [0.3, 0.4) is 0 Å². The third kappa shape index (κ3) is 7.72. The summed E-state index contributed by atoms with van der Waals surface area (Å²) in [6.45, 7) is 5.88. The highest BCUT2D eigenvalue weighted by molar-refractivity contribution is 5.84. The van der Waals surface area contributed by atoms with Crippen LogP contribution in [0.25, 0.3) is 0 Å². The minimum absolute atomic E-state index is 0.0533. The van der Waals surface area contributed by atoms with Crippen LogP contribution in [0, 0.1) is 17.8 Å². The average molecular weight is 353 g/mol. The standard InChI is InChI=1S/C21H36O4/c1-3-5-9-12-16(21(24)25)13-10-7-6-8-11-14-18-17(4-2)19(22)15-20(18)23/h4,16-19,22H,2-3,5-15H2,1H3,(H,24,25)/t16?,17-,18?,19-/m1/s1. The van der Waals surface area contributed by atoms with E-state index in [4.69, 9.17) is 0 Å². The van der Waals surface area contributed by atoms with E-state index in [-0.39, 0.29) is 30.0 Å². The predicted octanol–water partition coefficient (Wildman–Crippen LogP) is 4.75. The zero-order valence-electron chi connectivity index (χ0n) is 15.8. The highest BCUT2D eigenvalue weighted by Gasteiger charge is 2.38. The largest absolute Gasteiger partial charge is 0.481 e. The zero-order chi connectivity index (χ0) is 18.7. The first-order chi connectivity index (χ1) is 12.0. The third-order valence-electron chi connectivity index (χ3n) is 5.58. The predicted molar refractivity (Wildman–Crippen MR) is 100 cm³/mol. The fourth-order valence-electron chi connectivity index (χ4n) is 3.97. The van der Waals surface area contributed by atoms with Crippen LogP contribution in [0.1, 0.15) is 84.0 Å². The maximum absolute atomic E-state index is 11.9. The normalized spacial score (nSPS) is 24.4. The summed E-state index contributed by atoms with van der Waals surface area (Å²) in [6, 6.07) is 0. The molecule has 1 fully saturated rings. The van der Waals surface area contributed by atoms with Crippen molar-refractivity contribution < 1.29 is 19.8 Å². The number of aliphatic carboxylic acids is 1. The van der Waals surface area contributed by atoms with Gasteiger partial charge in [0.1, 0.15) is 5.78 Å². The Morgan fingerprint density at radius 1 is 1.16 bits per heavy atom. The number of carbonyl (C=O) groups is 2. The molecule has 4 heteroatoms. The lowest BCUT2D eigenvalue weighted by Gasteiger charge is -2.16. The smallest absolute Gasteiger partial charge is 0.306 e. The number of rotatable bonds is 14. The van der Waals surface area contributed by atoms with Gasteiger partial charge in [-0.1, -0.05) is 64.4 Å². The summed E-state index contributed by atoms with van der Waals surface area (Å²) in [7, 11) is 0. The molecule has 1 aliphatic rings. The molecule has 25 heavy (non-hydrogen) atoms. The molecule has 144 valence electrons. The summed E-state index contributed by atoms with van der Waals surface area (Å²) in [5, 5.41) is 19.1. The van der Waals surface area contributed by atoms with E-state index in [1.807, 2.05) is 0 Å². The first-order valence-corrected chi connectivity index (χ1v) is 10.1. The van der Waals surface area contributed by atoms with E-state index in [0.29, 0.717) is 0 Å². The Morgan fingerprint density at radius 2 is 1.76 bits per heavy atom. The van der Waals surface area contributed by atoms with Gasteiger partial charge in [-0.3, -0.25) is 9.59 Å². The molecular weight excluding hydrogens is 316 g/mol. The van der Waals surface area contributed by atoms with Gasteiger partial charge in [0.05, 0.1) is 12.0 Å². The van der Waals surface area contributed by atoms with E-state index in [2.05, 4.69) is 13.5 Å². The van der Waals surface area contributed by atoms with Crippen molar-refractivity contribution >= 4 is 11.8 Å². The number of hydrogen-bond donors (Lipinski definition) is 2. The molecule has 0 amide bonds. The molecule has 0 aromatic rings. The molecule has 0 aromatic heterocycles. The number of aliphatic hydroxyl groups excluding tert-OH is 1. The molecule has 2 N–H and O–H groups in total. The maximum Gasteiger partial charge on any atom is 0.306 e. The van der Waals surface area contributed by atoms with E-state index in [1.165, 1.54) is 0 Å². The highest BCUT2D eigenvalue weighted by atomic mass is 16.4. The second kappa shape index (κ2) is 12.2. The number of ketones is 1. The van der Waals surface area contributed by atoms with Gasteiger partial charge < -0.3 is 10.2 Å². The molecule has 1 saturated carbocycles. The van der Waals surface area contributed by atoms with E-state index in [0.717, 1.165) is 70.6 Å². The second-order valence-corrected chi connectivity index (χ2v) is 7.53. The summed E-state index contributed by atoms with van der Waals surface area (Å²) < 4.78 is 0. The SMILES string of the molecule is C=C[C@@H]1C(CCCCCCCC(CCCCC)C(=O)O)C(=O)C[C@H]1O. The van der Waals surface area contributed by atoms with Crippen molar-refractivity contribution in [1.29, 1.82) is 0 Å². The van der Waals surface area contributed by atoms with Crippen molar-refractivity contribution in [1.82, 2.24) is 0 Å². The van der Waals surface area contributed by atoms with E-state index in [1.54, 1.807) is 6.08 Å². The third-order valence-corrected chi connectivity index (χ3v) is 5.58. The number of hydrogen-bond acceptors (Lipinski definition) is 3. The highest BCUT2D eigenvalue weighted by Crippen LogP contribution is 2.33. The number of unbranched alkanes of at least 4 members (excludes halogenated alkanes) is 6. The zero-order valence-corrected chi connectivity index (χ0v) is 15.8. The van der Waals surface area contributed by atoms with Crippen molar-refractivity contribution in [3.05, 3.63) is 12.7 Å². The lowest BCUT2D eigenvalue weighted by molar-refractivity contribution is -0.142. The molecular formula is C21H36O4. The minimum Gasteiger partial charge on any atom is -0.481 e. The molecule has 0 spiro atoms. The molecule has 2 unspecified atom stereocenters. The molecule has 4 nitrogen and oxygen atoms in total. The van der Waals surface area contributed by atoms with Crippen molar-refractivity contribution in [3.63, 3.8) is 0 Å². The molecule has 0 saturated heterocycles. The Hall–Kier alpha value is -1.16. The molecule has 1 rings (SSSR count). The second-order valence-electron chi connectivity index (χ2n) is 7.53. The van der Waals surface area contributed by atoms with E-state index < -0.39 is 12.1 Å². The van der Waals surface area contributed by atoms with E-state index >= 15 is 0 Å². The van der Waals surface area contributed by atoms with Crippen LogP contribution in [0.5, 0.6) is 0 Å². The van der Waals surface area contributed by atoms with Crippen LogP contribution in [-0.2, 0) is 9.59 Å². The first kappa shape index (κ1) is 21.9. The molecule has 0 aromatic carbocycles. The quantitative estimate of drug-likeness (QED) is 0.349. The Labute approximate surface area is 152 Å². The Morgan fingerprint density at radius 3 is 2.36 bits per heavy atom. The summed E-state index contributed by atoms with van der Waals surface area (Å²) in [6.07, 6.45) is 12.3. The Kier molecular flexibility index (Phi) is 10.7. The van der Waals surface area contributed by atoms with Gasteiger partial charge in [0, 0.05) is 18.3 Å². The summed E-state index contributed by atoms with van der Waals surface area (Å²) >= 11 is 0. The van der Waals surface area contributed by atoms with Crippen molar-refractivity contribution in [2.45, 2.75) is 90.1 Å². The monoisotopic (exact) mass is 352 g/mol. The molecule has 0 aliphatic heterocycles. The van der Waals surface area contributed by atoms with Crippen molar-refractivity contribution in [2.75, 3.05) is 0 Å². The summed E-state index contributed by atoms with van der Waals surface area (Å²) in [5.41, 5.74) is 0. The number of aliphatic hydroxyl groups is 1. The van der Waals surface area contributed by atoms with Gasteiger partial charge in [0.15, 0.2) is 0 Å². The van der Waals surface area contributed by atoms with Crippen LogP contribution in [-0.4, -0.2) is 28.1 Å². The Balaban J connectivity index is 2.12. The molecule has 0 radical (unpaired) electrons. The van der Waals surface area contributed by atoms with Gasteiger partial charge in [-0.25, -0.2) is 0 Å². The van der Waals surface area contributed by atoms with Crippen LogP contribution >= 0.6 is 0 Å². The lowest BCUT2D eigenvalue weighted by atomic mass is 9.89. The topological polar surface area (TPSA) is 74.6 Å². The van der Waals surface area contributed by atoms with Crippen LogP contribution in [0.2, 0.25) is 0 Å². The van der Waals surface area contributed by atoms with Gasteiger partial charge >= 0.3 is 5.97 Å². The van der Waals surface area contributed by atoms with Crippen LogP contribution in [0.15, 0.2) is 12.7 Å². The van der Waals surface area contributed by atoms with Gasteiger partial charge in [0.2, 0.25) is 0 Å². The molecule has 0 bridgehead atoms. The molecule has 4 atom stereocenters. The summed E-state index contributed by atoms with van der Waals surface area (Å²) in [4.78, 5) is 23.2. The first-order valence-electron chi connectivity index (χ1n) is 10.1. The van der Waals surface area contributed by atoms with Gasteiger partial charge in [0.25, 0.3) is 0 Å². The van der Waals surface area contributed by atoms with Crippen LogP contribution < -0.4 is 0 Å². The molecule has 0 heterocycles. The number of carbonyl (C=O) groups excluding carboxylic acids is 1. The maximum atomic E-state index is 11.9. The number of carboxylic acids is 1. The number of Topliss-reactive ketones (excluding diaryl/α,β-unsaturated/α-hetero) is 1. The lowest BCUT2D eigenvalue weighted by Crippen LogP contribution is -2.18. The minimum atomic E-state index is -0.648. The van der Waals surface area contributed by atoms with Gasteiger partial charge in [-0.05, 0) is 19.3 Å². The van der Waals surface area contributed by atoms with Crippen molar-refractivity contribution in [2.24, 2.45) is 17.8 Å². The number of carboxylic acid groups (broad SMARTS) is 1. The van der Waals surface area contributed by atoms with Gasteiger partial charge in [-0.2, -0.15) is 0 Å². The van der Waals surface area contributed by atoms with Gasteiger partial charge in [-0.15, -0.1) is 6.58 Å².